The second-order valence-corrected chi connectivity index (χ2v) is 6.20. The Balaban J connectivity index is 1.76. The van der Waals surface area contributed by atoms with Crippen LogP contribution in [-0.4, -0.2) is 31.0 Å². The molecule has 1 amide bonds. The molecule has 2 aromatic rings. The van der Waals surface area contributed by atoms with Crippen molar-refractivity contribution < 1.29 is 9.53 Å². The quantitative estimate of drug-likeness (QED) is 0.784. The first-order chi connectivity index (χ1) is 11.2. The van der Waals surface area contributed by atoms with E-state index in [4.69, 9.17) is 16.3 Å². The molecule has 0 spiro atoms. The van der Waals surface area contributed by atoms with Crippen molar-refractivity contribution in [3.8, 4) is 5.75 Å². The molecule has 1 heterocycles. The van der Waals surface area contributed by atoms with E-state index in [0.29, 0.717) is 0 Å². The first kappa shape index (κ1) is 15.9. The lowest BCUT2D eigenvalue weighted by atomic mass is 10.0. The van der Waals surface area contributed by atoms with Gasteiger partial charge in [-0.3, -0.25) is 4.79 Å². The van der Waals surface area contributed by atoms with Crippen LogP contribution in [0.25, 0.3) is 0 Å². The molecule has 1 atom stereocenters. The van der Waals surface area contributed by atoms with E-state index < -0.39 is 0 Å². The highest BCUT2D eigenvalue weighted by atomic mass is 35.5. The predicted octanol–water partition coefficient (Wildman–Crippen LogP) is 4.26. The topological polar surface area (TPSA) is 29.5 Å². The molecule has 2 aromatic carbocycles. The second-order valence-electron chi connectivity index (χ2n) is 5.76. The summed E-state index contributed by atoms with van der Waals surface area (Å²) in [5, 5.41) is -0.263. The van der Waals surface area contributed by atoms with Crippen LogP contribution in [-0.2, 0) is 0 Å². The molecule has 0 bridgehead atoms. The zero-order valence-electron chi connectivity index (χ0n) is 13.2. The molecule has 23 heavy (non-hydrogen) atoms. The molecule has 1 fully saturated rings. The number of hydrogen-bond donors (Lipinski definition) is 0. The van der Waals surface area contributed by atoms with Crippen LogP contribution in [0.15, 0.2) is 48.5 Å². The van der Waals surface area contributed by atoms with E-state index in [9.17, 15) is 4.79 Å². The molecule has 0 N–H and O–H groups in total. The van der Waals surface area contributed by atoms with Gasteiger partial charge in [0.05, 0.1) is 12.5 Å². The van der Waals surface area contributed by atoms with Gasteiger partial charge in [-0.25, -0.2) is 0 Å². The van der Waals surface area contributed by atoms with E-state index in [1.807, 2.05) is 53.4 Å². The summed E-state index contributed by atoms with van der Waals surface area (Å²) in [6, 6.07) is 15.3. The lowest BCUT2D eigenvalue weighted by molar-refractivity contribution is 0.0793. The number of halogens is 1. The Morgan fingerprint density at radius 3 is 2.43 bits per heavy atom. The Hall–Kier alpha value is -2.00. The van der Waals surface area contributed by atoms with E-state index in [1.54, 1.807) is 7.11 Å². The standard InChI is InChI=1S/C19H20ClNO2/c1-23-17-6-4-5-16(13-17)18(20)14-7-9-15(10-8-14)19(22)21-11-2-3-12-21/h4-10,13,18H,2-3,11-12H2,1H3. The fourth-order valence-corrected chi connectivity index (χ4v) is 3.17. The summed E-state index contributed by atoms with van der Waals surface area (Å²) in [5.74, 6) is 0.899. The van der Waals surface area contributed by atoms with Gasteiger partial charge in [-0.1, -0.05) is 24.3 Å². The molecule has 1 unspecified atom stereocenters. The molecule has 0 aromatic heterocycles. The van der Waals surface area contributed by atoms with Crippen LogP contribution >= 0.6 is 11.6 Å². The number of ether oxygens (including phenoxy) is 1. The summed E-state index contributed by atoms with van der Waals surface area (Å²) in [6.07, 6.45) is 2.20. The molecule has 0 radical (unpaired) electrons. The van der Waals surface area contributed by atoms with Gasteiger partial charge in [0.15, 0.2) is 0 Å². The maximum Gasteiger partial charge on any atom is 0.253 e. The highest BCUT2D eigenvalue weighted by Gasteiger charge is 2.20. The highest BCUT2D eigenvalue weighted by molar-refractivity contribution is 6.22. The molecule has 120 valence electrons. The Labute approximate surface area is 141 Å². The van der Waals surface area contributed by atoms with Crippen molar-refractivity contribution in [2.75, 3.05) is 20.2 Å². The smallest absolute Gasteiger partial charge is 0.253 e. The summed E-state index contributed by atoms with van der Waals surface area (Å²) in [7, 11) is 1.64. The number of nitrogens with zero attached hydrogens (tertiary/aromatic N) is 1. The molecule has 1 saturated heterocycles. The van der Waals surface area contributed by atoms with Crippen LogP contribution in [0.4, 0.5) is 0 Å². The molecule has 0 aliphatic carbocycles. The summed E-state index contributed by atoms with van der Waals surface area (Å²) in [4.78, 5) is 14.3. The predicted molar refractivity (Wildman–Crippen MR) is 92.3 cm³/mol. The summed E-state index contributed by atoms with van der Waals surface area (Å²) < 4.78 is 5.24. The van der Waals surface area contributed by atoms with Crippen molar-refractivity contribution in [3.63, 3.8) is 0 Å². The molecular formula is C19H20ClNO2. The molecule has 3 nitrogen and oxygen atoms in total. The summed E-state index contributed by atoms with van der Waals surface area (Å²) in [5.41, 5.74) is 2.67. The van der Waals surface area contributed by atoms with Crippen molar-refractivity contribution in [1.82, 2.24) is 4.90 Å². The van der Waals surface area contributed by atoms with E-state index in [1.165, 1.54) is 0 Å². The molecule has 0 saturated carbocycles. The number of rotatable bonds is 4. The van der Waals surface area contributed by atoms with Gasteiger partial charge >= 0.3 is 0 Å². The Morgan fingerprint density at radius 1 is 1.09 bits per heavy atom. The number of benzene rings is 2. The molecule has 1 aliphatic heterocycles. The van der Waals surface area contributed by atoms with Crippen LogP contribution in [0.1, 0.15) is 39.7 Å². The van der Waals surface area contributed by atoms with E-state index in [-0.39, 0.29) is 11.3 Å². The van der Waals surface area contributed by atoms with Crippen LogP contribution < -0.4 is 4.74 Å². The number of carbonyl (C=O) groups excluding carboxylic acids is 1. The normalized spacial score (nSPS) is 15.5. The van der Waals surface area contributed by atoms with Gasteiger partial charge in [0, 0.05) is 18.7 Å². The number of alkyl halides is 1. The minimum absolute atomic E-state index is 0.113. The lowest BCUT2D eigenvalue weighted by Gasteiger charge is -2.16. The van der Waals surface area contributed by atoms with Crippen molar-refractivity contribution >= 4 is 17.5 Å². The van der Waals surface area contributed by atoms with Crippen LogP contribution in [0.5, 0.6) is 5.75 Å². The molecule has 1 aliphatic rings. The average molecular weight is 330 g/mol. The van der Waals surface area contributed by atoms with Crippen molar-refractivity contribution in [2.45, 2.75) is 18.2 Å². The minimum atomic E-state index is -0.263. The Kier molecular flexibility index (Phi) is 4.87. The zero-order chi connectivity index (χ0) is 16.2. The monoisotopic (exact) mass is 329 g/mol. The third kappa shape index (κ3) is 3.50. The number of methoxy groups -OCH3 is 1. The van der Waals surface area contributed by atoms with E-state index >= 15 is 0 Å². The van der Waals surface area contributed by atoms with Gasteiger partial charge in [-0.05, 0) is 48.2 Å². The summed E-state index contributed by atoms with van der Waals surface area (Å²) >= 11 is 6.57. The second kappa shape index (κ2) is 7.05. The lowest BCUT2D eigenvalue weighted by Crippen LogP contribution is -2.27. The Bertz CT molecular complexity index is 678. The first-order valence-corrected chi connectivity index (χ1v) is 8.30. The van der Waals surface area contributed by atoms with Crippen LogP contribution in [0, 0.1) is 0 Å². The fraction of sp³-hybridized carbons (Fsp3) is 0.316. The largest absolute Gasteiger partial charge is 0.497 e. The number of likely N-dealkylation sites (tertiary alicyclic amines) is 1. The molecular weight excluding hydrogens is 310 g/mol. The van der Waals surface area contributed by atoms with Gasteiger partial charge in [0.25, 0.3) is 5.91 Å². The van der Waals surface area contributed by atoms with Crippen molar-refractivity contribution in [3.05, 3.63) is 65.2 Å². The number of amides is 1. The first-order valence-electron chi connectivity index (χ1n) is 7.86. The number of carbonyl (C=O) groups is 1. The zero-order valence-corrected chi connectivity index (χ0v) is 13.9. The van der Waals surface area contributed by atoms with E-state index in [0.717, 1.165) is 48.4 Å². The fourth-order valence-electron chi connectivity index (χ4n) is 2.89. The SMILES string of the molecule is COc1cccc(C(Cl)c2ccc(C(=O)N3CCCC3)cc2)c1. The van der Waals surface area contributed by atoms with Crippen LogP contribution in [0.2, 0.25) is 0 Å². The van der Waals surface area contributed by atoms with Crippen LogP contribution in [0.3, 0.4) is 0 Å². The van der Waals surface area contributed by atoms with Crippen molar-refractivity contribution in [1.29, 1.82) is 0 Å². The Morgan fingerprint density at radius 2 is 1.78 bits per heavy atom. The maximum atomic E-state index is 12.4. The molecule has 4 heteroatoms. The molecule has 3 rings (SSSR count). The minimum Gasteiger partial charge on any atom is -0.497 e. The van der Waals surface area contributed by atoms with Gasteiger partial charge in [-0.15, -0.1) is 11.6 Å². The highest BCUT2D eigenvalue weighted by Crippen LogP contribution is 2.31. The van der Waals surface area contributed by atoms with Gasteiger partial charge < -0.3 is 9.64 Å². The maximum absolute atomic E-state index is 12.4. The van der Waals surface area contributed by atoms with Gasteiger partial charge in [0.2, 0.25) is 0 Å². The van der Waals surface area contributed by atoms with Gasteiger partial charge in [0.1, 0.15) is 5.75 Å². The summed E-state index contributed by atoms with van der Waals surface area (Å²) in [6.45, 7) is 1.73. The third-order valence-corrected chi connectivity index (χ3v) is 4.73. The van der Waals surface area contributed by atoms with E-state index in [2.05, 4.69) is 0 Å². The van der Waals surface area contributed by atoms with Gasteiger partial charge in [-0.2, -0.15) is 0 Å². The number of hydrogen-bond acceptors (Lipinski definition) is 2. The average Bonchev–Trinajstić information content (AvgIpc) is 3.15. The third-order valence-electron chi connectivity index (χ3n) is 4.23. The van der Waals surface area contributed by atoms with Crippen molar-refractivity contribution in [2.24, 2.45) is 0 Å².